The monoisotopic (exact) mass is 295 g/mol. The van der Waals surface area contributed by atoms with Crippen LogP contribution in [0.25, 0.3) is 0 Å². The average molecular weight is 295 g/mol. The highest BCUT2D eigenvalue weighted by molar-refractivity contribution is 5.97. The SMILES string of the molecule is N/C(=N/O)c1cc(F)c(N2CCCC3CCCC32)c(F)c1. The zero-order chi connectivity index (χ0) is 15.0. The Kier molecular flexibility index (Phi) is 3.69. The van der Waals surface area contributed by atoms with Crippen LogP contribution in [0.5, 0.6) is 0 Å². The smallest absolute Gasteiger partial charge is 0.170 e. The maximum atomic E-state index is 14.4. The van der Waals surface area contributed by atoms with E-state index in [4.69, 9.17) is 10.9 Å². The van der Waals surface area contributed by atoms with E-state index in [1.165, 1.54) is 0 Å². The second kappa shape index (κ2) is 5.50. The van der Waals surface area contributed by atoms with Crippen LogP contribution in [0.2, 0.25) is 0 Å². The number of hydrogen-bond acceptors (Lipinski definition) is 3. The summed E-state index contributed by atoms with van der Waals surface area (Å²) in [5.74, 6) is -1.05. The third-order valence-electron chi connectivity index (χ3n) is 4.70. The minimum Gasteiger partial charge on any atom is -0.409 e. The first kappa shape index (κ1) is 14.1. The largest absolute Gasteiger partial charge is 0.409 e. The van der Waals surface area contributed by atoms with Crippen molar-refractivity contribution < 1.29 is 14.0 Å². The number of nitrogens with zero attached hydrogens (tertiary/aromatic N) is 2. The minimum absolute atomic E-state index is 0.0288. The highest BCUT2D eigenvalue weighted by atomic mass is 19.1. The van der Waals surface area contributed by atoms with Crippen molar-refractivity contribution in [3.63, 3.8) is 0 Å². The summed E-state index contributed by atoms with van der Waals surface area (Å²) >= 11 is 0. The predicted molar refractivity (Wildman–Crippen MR) is 76.6 cm³/mol. The number of piperidine rings is 1. The number of benzene rings is 1. The lowest BCUT2D eigenvalue weighted by atomic mass is 9.91. The first-order valence-electron chi connectivity index (χ1n) is 7.35. The molecule has 1 aliphatic heterocycles. The van der Waals surface area contributed by atoms with Crippen LogP contribution in [0.15, 0.2) is 17.3 Å². The molecule has 1 heterocycles. The molecule has 1 aromatic rings. The standard InChI is InChI=1S/C15H19F2N3O/c16-11-7-10(15(18)19-21)8-12(17)14(11)20-6-2-4-9-3-1-5-13(9)20/h7-9,13,21H,1-6H2,(H2,18,19). The van der Waals surface area contributed by atoms with Gasteiger partial charge in [-0.25, -0.2) is 8.78 Å². The van der Waals surface area contributed by atoms with Gasteiger partial charge in [-0.2, -0.15) is 0 Å². The Morgan fingerprint density at radius 2 is 1.86 bits per heavy atom. The molecule has 1 aromatic carbocycles. The normalized spacial score (nSPS) is 26.0. The van der Waals surface area contributed by atoms with Crippen LogP contribution in [0.3, 0.4) is 0 Å². The third-order valence-corrected chi connectivity index (χ3v) is 4.70. The summed E-state index contributed by atoms with van der Waals surface area (Å²) in [6.07, 6.45) is 5.37. The Bertz CT molecular complexity index is 553. The Labute approximate surface area is 122 Å². The molecular weight excluding hydrogens is 276 g/mol. The van der Waals surface area contributed by atoms with Crippen molar-refractivity contribution in [2.45, 2.75) is 38.1 Å². The van der Waals surface area contributed by atoms with Gasteiger partial charge in [0, 0.05) is 18.2 Å². The maximum Gasteiger partial charge on any atom is 0.170 e. The number of anilines is 1. The number of halogens is 2. The molecule has 1 saturated heterocycles. The lowest BCUT2D eigenvalue weighted by Gasteiger charge is -2.39. The van der Waals surface area contributed by atoms with Crippen molar-refractivity contribution in [3.05, 3.63) is 29.3 Å². The molecule has 4 nitrogen and oxygen atoms in total. The lowest BCUT2D eigenvalue weighted by molar-refractivity contribution is 0.318. The first-order valence-corrected chi connectivity index (χ1v) is 7.35. The van der Waals surface area contributed by atoms with Gasteiger partial charge < -0.3 is 15.8 Å². The minimum atomic E-state index is -0.649. The van der Waals surface area contributed by atoms with Gasteiger partial charge in [-0.3, -0.25) is 0 Å². The Balaban J connectivity index is 1.98. The van der Waals surface area contributed by atoms with E-state index < -0.39 is 11.6 Å². The molecule has 3 rings (SSSR count). The summed E-state index contributed by atoms with van der Waals surface area (Å²) in [7, 11) is 0. The molecule has 6 heteroatoms. The van der Waals surface area contributed by atoms with Crippen molar-refractivity contribution in [3.8, 4) is 0 Å². The fourth-order valence-electron chi connectivity index (χ4n) is 3.78. The first-order chi connectivity index (χ1) is 10.1. The van der Waals surface area contributed by atoms with Gasteiger partial charge in [-0.1, -0.05) is 11.6 Å². The number of amidine groups is 1. The van der Waals surface area contributed by atoms with E-state index in [9.17, 15) is 8.78 Å². The Morgan fingerprint density at radius 1 is 1.19 bits per heavy atom. The second-order valence-electron chi connectivity index (χ2n) is 5.87. The number of oxime groups is 1. The topological polar surface area (TPSA) is 61.9 Å². The van der Waals surface area contributed by atoms with Crippen molar-refractivity contribution in [1.82, 2.24) is 0 Å². The van der Waals surface area contributed by atoms with E-state index >= 15 is 0 Å². The fraction of sp³-hybridized carbons (Fsp3) is 0.533. The molecule has 0 bridgehead atoms. The Hall–Kier alpha value is -1.85. The summed E-state index contributed by atoms with van der Waals surface area (Å²) < 4.78 is 28.8. The molecule has 2 fully saturated rings. The van der Waals surface area contributed by atoms with E-state index in [1.54, 1.807) is 0 Å². The molecule has 2 aliphatic rings. The van der Waals surface area contributed by atoms with Crippen LogP contribution < -0.4 is 10.6 Å². The molecule has 1 saturated carbocycles. The summed E-state index contributed by atoms with van der Waals surface area (Å²) in [6, 6.07) is 2.50. The van der Waals surface area contributed by atoms with E-state index in [0.29, 0.717) is 12.5 Å². The lowest BCUT2D eigenvalue weighted by Crippen LogP contribution is -2.43. The maximum absolute atomic E-state index is 14.4. The van der Waals surface area contributed by atoms with E-state index in [2.05, 4.69) is 5.16 Å². The van der Waals surface area contributed by atoms with E-state index in [1.807, 2.05) is 4.90 Å². The van der Waals surface area contributed by atoms with Gasteiger partial charge in [0.25, 0.3) is 0 Å². The molecule has 21 heavy (non-hydrogen) atoms. The summed E-state index contributed by atoms with van der Waals surface area (Å²) in [5.41, 5.74) is 5.48. The van der Waals surface area contributed by atoms with Crippen molar-refractivity contribution in [2.24, 2.45) is 16.8 Å². The fourth-order valence-corrected chi connectivity index (χ4v) is 3.78. The summed E-state index contributed by atoms with van der Waals surface area (Å²) in [4.78, 5) is 1.88. The molecule has 0 radical (unpaired) electrons. The number of nitrogens with two attached hydrogens (primary N) is 1. The van der Waals surface area contributed by atoms with Crippen molar-refractivity contribution in [1.29, 1.82) is 0 Å². The van der Waals surface area contributed by atoms with E-state index in [0.717, 1.165) is 44.2 Å². The van der Waals surface area contributed by atoms with Gasteiger partial charge in [-0.15, -0.1) is 0 Å². The van der Waals surface area contributed by atoms with E-state index in [-0.39, 0.29) is 23.1 Å². The van der Waals surface area contributed by atoms with Crippen LogP contribution in [0.1, 0.15) is 37.7 Å². The molecule has 0 aromatic heterocycles. The number of hydrogen-bond donors (Lipinski definition) is 2. The highest BCUT2D eigenvalue weighted by Crippen LogP contribution is 2.40. The highest BCUT2D eigenvalue weighted by Gasteiger charge is 2.37. The van der Waals surface area contributed by atoms with Gasteiger partial charge in [0.05, 0.1) is 0 Å². The third kappa shape index (κ3) is 2.43. The molecule has 0 spiro atoms. The van der Waals surface area contributed by atoms with Gasteiger partial charge in [0.1, 0.15) is 17.3 Å². The van der Waals surface area contributed by atoms with Crippen LogP contribution >= 0.6 is 0 Å². The zero-order valence-electron chi connectivity index (χ0n) is 11.7. The van der Waals surface area contributed by atoms with Gasteiger partial charge in [0.2, 0.25) is 0 Å². The van der Waals surface area contributed by atoms with Gasteiger partial charge in [-0.05, 0) is 43.7 Å². The molecule has 1 aliphatic carbocycles. The van der Waals surface area contributed by atoms with Crippen LogP contribution in [0, 0.1) is 17.6 Å². The average Bonchev–Trinajstić information content (AvgIpc) is 2.94. The van der Waals surface area contributed by atoms with Crippen molar-refractivity contribution in [2.75, 3.05) is 11.4 Å². The van der Waals surface area contributed by atoms with Crippen molar-refractivity contribution >= 4 is 11.5 Å². The molecule has 114 valence electrons. The van der Waals surface area contributed by atoms with Crippen LogP contribution in [-0.4, -0.2) is 23.6 Å². The second-order valence-corrected chi connectivity index (χ2v) is 5.87. The van der Waals surface area contributed by atoms with Crippen LogP contribution in [-0.2, 0) is 0 Å². The number of rotatable bonds is 2. The number of fused-ring (bicyclic) bond motifs is 1. The Morgan fingerprint density at radius 3 is 2.52 bits per heavy atom. The molecule has 3 N–H and O–H groups in total. The quantitative estimate of drug-likeness (QED) is 0.382. The molecule has 2 unspecified atom stereocenters. The zero-order valence-corrected chi connectivity index (χ0v) is 11.7. The molecule has 2 atom stereocenters. The molecule has 0 amide bonds. The predicted octanol–water partition coefficient (Wildman–Crippen LogP) is 2.83. The molecular formula is C15H19F2N3O. The van der Waals surface area contributed by atoms with Gasteiger partial charge in [0.15, 0.2) is 5.84 Å². The van der Waals surface area contributed by atoms with Gasteiger partial charge >= 0.3 is 0 Å². The van der Waals surface area contributed by atoms with Crippen LogP contribution in [0.4, 0.5) is 14.5 Å². The summed E-state index contributed by atoms with van der Waals surface area (Å²) in [6.45, 7) is 0.678. The summed E-state index contributed by atoms with van der Waals surface area (Å²) in [5, 5.41) is 11.4.